The first kappa shape index (κ1) is 27.1. The molecule has 3 nitrogen and oxygen atoms in total. The number of rotatable bonds is 17. The quantitative estimate of drug-likeness (QED) is 0.188. The lowest BCUT2D eigenvalue weighted by Crippen LogP contribution is -2.41. The van der Waals surface area contributed by atoms with E-state index in [1.165, 1.54) is 103 Å². The zero-order chi connectivity index (χ0) is 22.2. The first-order valence-corrected chi connectivity index (χ1v) is 14.2. The summed E-state index contributed by atoms with van der Waals surface area (Å²) in [6.07, 6.45) is 26.1. The summed E-state index contributed by atoms with van der Waals surface area (Å²) < 4.78 is 12.6. The molecule has 1 heterocycles. The van der Waals surface area contributed by atoms with Gasteiger partial charge >= 0.3 is 0 Å². The third-order valence-corrected chi connectivity index (χ3v) is 7.57. The van der Waals surface area contributed by atoms with Gasteiger partial charge < -0.3 is 9.47 Å². The molecular weight excluding hydrogens is 452 g/mol. The van der Waals surface area contributed by atoms with E-state index in [0.29, 0.717) is 17.0 Å². The Morgan fingerprint density at radius 2 is 1.35 bits per heavy atom. The fourth-order valence-electron chi connectivity index (χ4n) is 4.93. The summed E-state index contributed by atoms with van der Waals surface area (Å²) in [5, 5.41) is 0. The number of Topliss-reactive ketones (excluding diaryl/α,β-unsaturated/α-hetero) is 1. The van der Waals surface area contributed by atoms with Gasteiger partial charge in [-0.3, -0.25) is 4.79 Å². The van der Waals surface area contributed by atoms with E-state index in [4.69, 9.17) is 9.47 Å². The average Bonchev–Trinajstić information content (AvgIpc) is 2.79. The molecule has 0 aromatic heterocycles. The molecule has 1 saturated carbocycles. The minimum atomic E-state index is -0.374. The molecule has 2 unspecified atom stereocenters. The second kappa shape index (κ2) is 17.3. The Hall–Kier alpha value is -0.190. The smallest absolute Gasteiger partial charge is 0.198 e. The fourth-order valence-corrected chi connectivity index (χ4v) is 5.37. The predicted octanol–water partition coefficient (Wildman–Crippen LogP) is 8.64. The highest BCUT2D eigenvalue weighted by atomic mass is 79.9. The number of unbranched alkanes of at least 4 members (excludes halogenated alkanes) is 13. The Balaban J connectivity index is 1.43. The molecule has 0 aromatic rings. The van der Waals surface area contributed by atoms with Crippen LogP contribution in [0.3, 0.4) is 0 Å². The van der Waals surface area contributed by atoms with Gasteiger partial charge in [0.2, 0.25) is 0 Å². The zero-order valence-electron chi connectivity index (χ0n) is 20.1. The summed E-state index contributed by atoms with van der Waals surface area (Å²) in [7, 11) is 0. The lowest BCUT2D eigenvalue weighted by Gasteiger charge is -2.34. The number of ether oxygens (including phenoxy) is 2. The molecule has 0 N–H and O–H groups in total. The first-order valence-electron chi connectivity index (χ1n) is 13.4. The highest BCUT2D eigenvalue weighted by Crippen LogP contribution is 2.33. The molecular formula is C27H47BrO3. The van der Waals surface area contributed by atoms with Crippen LogP contribution in [0.25, 0.3) is 0 Å². The van der Waals surface area contributed by atoms with Crippen molar-refractivity contribution >= 4 is 21.7 Å². The molecule has 0 spiro atoms. The predicted molar refractivity (Wildman–Crippen MR) is 134 cm³/mol. The Labute approximate surface area is 200 Å². The molecule has 0 aromatic carbocycles. The van der Waals surface area contributed by atoms with E-state index in [-0.39, 0.29) is 18.2 Å². The Morgan fingerprint density at radius 1 is 0.839 bits per heavy atom. The number of carbonyl (C=O) groups is 1. The topological polar surface area (TPSA) is 35.5 Å². The molecule has 1 fully saturated rings. The van der Waals surface area contributed by atoms with Crippen LogP contribution in [-0.2, 0) is 14.3 Å². The van der Waals surface area contributed by atoms with Gasteiger partial charge in [-0.1, -0.05) is 110 Å². The molecule has 31 heavy (non-hydrogen) atoms. The van der Waals surface area contributed by atoms with Crippen LogP contribution < -0.4 is 0 Å². The average molecular weight is 500 g/mol. The van der Waals surface area contributed by atoms with Gasteiger partial charge in [0.15, 0.2) is 12.1 Å². The van der Waals surface area contributed by atoms with Crippen LogP contribution in [0.15, 0.2) is 10.6 Å². The lowest BCUT2D eigenvalue weighted by molar-refractivity contribution is -0.174. The number of halogens is 1. The summed E-state index contributed by atoms with van der Waals surface area (Å²) in [6.45, 7) is 3.00. The van der Waals surface area contributed by atoms with Crippen LogP contribution in [0.1, 0.15) is 129 Å². The molecule has 1 aliphatic heterocycles. The van der Waals surface area contributed by atoms with E-state index in [9.17, 15) is 4.79 Å². The van der Waals surface area contributed by atoms with Crippen molar-refractivity contribution in [3.8, 4) is 0 Å². The molecule has 2 aliphatic rings. The van der Waals surface area contributed by atoms with Gasteiger partial charge in [-0.25, -0.2) is 0 Å². The maximum absolute atomic E-state index is 12.5. The molecule has 0 saturated heterocycles. The summed E-state index contributed by atoms with van der Waals surface area (Å²) in [6, 6.07) is 0. The third-order valence-electron chi connectivity index (χ3n) is 6.91. The van der Waals surface area contributed by atoms with Crippen LogP contribution in [0, 0.1) is 5.92 Å². The molecule has 0 radical (unpaired) electrons. The summed E-state index contributed by atoms with van der Waals surface area (Å²) in [4.78, 5) is 12.5. The van der Waals surface area contributed by atoms with Gasteiger partial charge in [0.25, 0.3) is 0 Å². The largest absolute Gasteiger partial charge is 0.349 e. The van der Waals surface area contributed by atoms with Crippen molar-refractivity contribution in [3.63, 3.8) is 0 Å². The highest BCUT2D eigenvalue weighted by Gasteiger charge is 2.36. The lowest BCUT2D eigenvalue weighted by atomic mass is 9.83. The normalized spacial score (nSPS) is 22.6. The van der Waals surface area contributed by atoms with E-state index >= 15 is 0 Å². The second-order valence-electron chi connectivity index (χ2n) is 9.67. The standard InChI is InChI=1S/C27H47BrO3/c1-2-3-4-5-6-7-8-9-10-11-12-13-14-18-21-30-25-22-24(28)26(29)27(31-25)23-19-16-15-17-20-23/h22-23,25,27H,2-21H2,1H3. The minimum Gasteiger partial charge on any atom is -0.349 e. The Bertz CT molecular complexity index is 499. The SMILES string of the molecule is CCCCCCCCCCCCCCCCOC1C=C(Br)C(=O)C(C2CCCCC2)O1. The van der Waals surface area contributed by atoms with Crippen molar-refractivity contribution in [2.75, 3.05) is 6.61 Å². The third kappa shape index (κ3) is 11.5. The molecule has 0 amide bonds. The summed E-state index contributed by atoms with van der Waals surface area (Å²) in [5.41, 5.74) is 0. The minimum absolute atomic E-state index is 0.100. The van der Waals surface area contributed by atoms with Crippen molar-refractivity contribution in [3.05, 3.63) is 10.6 Å². The van der Waals surface area contributed by atoms with Crippen molar-refractivity contribution in [1.29, 1.82) is 0 Å². The van der Waals surface area contributed by atoms with Crippen LogP contribution in [0.2, 0.25) is 0 Å². The molecule has 2 atom stereocenters. The number of ketones is 1. The van der Waals surface area contributed by atoms with Crippen molar-refractivity contribution in [2.45, 2.75) is 141 Å². The van der Waals surface area contributed by atoms with Gasteiger partial charge in [-0.2, -0.15) is 0 Å². The monoisotopic (exact) mass is 498 g/mol. The molecule has 4 heteroatoms. The van der Waals surface area contributed by atoms with E-state index in [1.807, 2.05) is 0 Å². The Morgan fingerprint density at radius 3 is 1.90 bits per heavy atom. The van der Waals surface area contributed by atoms with Crippen molar-refractivity contribution < 1.29 is 14.3 Å². The highest BCUT2D eigenvalue weighted by molar-refractivity contribution is 9.12. The van der Waals surface area contributed by atoms with Gasteiger partial charge in [0.1, 0.15) is 6.10 Å². The summed E-state index contributed by atoms with van der Waals surface area (Å²) in [5.74, 6) is 0.456. The molecule has 180 valence electrons. The van der Waals surface area contributed by atoms with E-state index in [0.717, 1.165) is 19.3 Å². The van der Waals surface area contributed by atoms with Crippen LogP contribution >= 0.6 is 15.9 Å². The van der Waals surface area contributed by atoms with Gasteiger partial charge in [0, 0.05) is 0 Å². The Kier molecular flexibility index (Phi) is 15.1. The maximum Gasteiger partial charge on any atom is 0.198 e. The van der Waals surface area contributed by atoms with Crippen molar-refractivity contribution in [2.24, 2.45) is 5.92 Å². The van der Waals surface area contributed by atoms with Gasteiger partial charge in [-0.15, -0.1) is 0 Å². The van der Waals surface area contributed by atoms with E-state index in [1.54, 1.807) is 6.08 Å². The summed E-state index contributed by atoms with van der Waals surface area (Å²) >= 11 is 3.44. The van der Waals surface area contributed by atoms with Crippen LogP contribution in [-0.4, -0.2) is 24.8 Å². The molecule has 0 bridgehead atoms. The number of hydrogen-bond acceptors (Lipinski definition) is 3. The molecule has 2 rings (SSSR count). The van der Waals surface area contributed by atoms with E-state index in [2.05, 4.69) is 22.9 Å². The van der Waals surface area contributed by atoms with Gasteiger partial charge in [0.05, 0.1) is 11.1 Å². The second-order valence-corrected chi connectivity index (χ2v) is 10.5. The van der Waals surface area contributed by atoms with Crippen molar-refractivity contribution in [1.82, 2.24) is 0 Å². The van der Waals surface area contributed by atoms with Crippen LogP contribution in [0.5, 0.6) is 0 Å². The first-order chi connectivity index (χ1) is 15.2. The number of carbonyl (C=O) groups excluding carboxylic acids is 1. The van der Waals surface area contributed by atoms with Gasteiger partial charge in [-0.05, 0) is 47.2 Å². The zero-order valence-corrected chi connectivity index (χ0v) is 21.6. The molecule has 1 aliphatic carbocycles. The van der Waals surface area contributed by atoms with E-state index < -0.39 is 0 Å². The fraction of sp³-hybridized carbons (Fsp3) is 0.889. The maximum atomic E-state index is 12.5. The van der Waals surface area contributed by atoms with Crippen LogP contribution in [0.4, 0.5) is 0 Å². The number of hydrogen-bond donors (Lipinski definition) is 0.